The topological polar surface area (TPSA) is 89.8 Å². The molecule has 1 heterocycles. The van der Waals surface area contributed by atoms with Gasteiger partial charge in [-0.15, -0.1) is 0 Å². The minimum atomic E-state index is -1.99. The van der Waals surface area contributed by atoms with E-state index < -0.39 is 17.8 Å². The average molecular weight is 161 g/mol. The maximum absolute atomic E-state index is 10.2. The van der Waals surface area contributed by atoms with Crippen LogP contribution in [0.4, 0.5) is 0 Å². The Bertz CT molecular complexity index is 168. The maximum atomic E-state index is 10.2. The monoisotopic (exact) mass is 161 g/mol. The molecule has 0 aromatic rings. The molecule has 0 bridgehead atoms. The molecule has 4 N–H and O–H groups in total. The Balaban J connectivity index is 2.51. The quantitative estimate of drug-likeness (QED) is 0.378. The fourth-order valence-electron chi connectivity index (χ4n) is 1.23. The van der Waals surface area contributed by atoms with Crippen molar-refractivity contribution >= 4 is 5.97 Å². The Kier molecular flexibility index (Phi) is 2.12. The highest BCUT2D eigenvalue weighted by Gasteiger charge is 2.40. The van der Waals surface area contributed by atoms with Gasteiger partial charge >= 0.3 is 5.97 Å². The number of aliphatic hydroxyl groups is 2. The molecule has 64 valence electrons. The molecule has 0 amide bonds. The highest BCUT2D eigenvalue weighted by Crippen LogP contribution is 2.24. The van der Waals surface area contributed by atoms with Gasteiger partial charge in [0.1, 0.15) is 0 Å². The fourth-order valence-corrected chi connectivity index (χ4v) is 1.23. The van der Waals surface area contributed by atoms with E-state index in [0.29, 0.717) is 13.0 Å². The van der Waals surface area contributed by atoms with Gasteiger partial charge in [-0.1, -0.05) is 0 Å². The van der Waals surface area contributed by atoms with Gasteiger partial charge in [-0.2, -0.15) is 0 Å². The van der Waals surface area contributed by atoms with Crippen LogP contribution in [0.2, 0.25) is 0 Å². The molecule has 0 aliphatic carbocycles. The van der Waals surface area contributed by atoms with Gasteiger partial charge in [-0.05, 0) is 6.42 Å². The number of nitrogens with one attached hydrogen (secondary N) is 1. The van der Waals surface area contributed by atoms with Gasteiger partial charge in [0, 0.05) is 12.5 Å². The predicted molar refractivity (Wildman–Crippen MR) is 35.5 cm³/mol. The Morgan fingerprint density at radius 3 is 2.64 bits per heavy atom. The van der Waals surface area contributed by atoms with Crippen molar-refractivity contribution in [3.8, 4) is 0 Å². The summed E-state index contributed by atoms with van der Waals surface area (Å²) in [6.07, 6.45) is 0.277. The first-order chi connectivity index (χ1) is 5.02. The summed E-state index contributed by atoms with van der Waals surface area (Å²) < 4.78 is 0. The van der Waals surface area contributed by atoms with Gasteiger partial charge < -0.3 is 15.3 Å². The summed E-state index contributed by atoms with van der Waals surface area (Å²) in [6.45, 7) is 0.449. The van der Waals surface area contributed by atoms with E-state index >= 15 is 0 Å². The molecule has 1 aliphatic heterocycles. The van der Waals surface area contributed by atoms with E-state index in [1.54, 1.807) is 0 Å². The third-order valence-electron chi connectivity index (χ3n) is 1.87. The lowest BCUT2D eigenvalue weighted by molar-refractivity contribution is -0.205. The molecule has 5 nitrogen and oxygen atoms in total. The van der Waals surface area contributed by atoms with E-state index in [0.717, 1.165) is 0 Å². The minimum Gasteiger partial charge on any atom is -0.481 e. The first-order valence-corrected chi connectivity index (χ1v) is 3.44. The third kappa shape index (κ3) is 1.89. The van der Waals surface area contributed by atoms with Crippen LogP contribution in [0.1, 0.15) is 12.8 Å². The molecule has 1 fully saturated rings. The van der Waals surface area contributed by atoms with Gasteiger partial charge in [0.2, 0.25) is 5.91 Å². The maximum Gasteiger partial charge on any atom is 0.303 e. The second-order valence-electron chi connectivity index (χ2n) is 2.74. The smallest absolute Gasteiger partial charge is 0.303 e. The lowest BCUT2D eigenvalue weighted by atomic mass is 10.0. The summed E-state index contributed by atoms with van der Waals surface area (Å²) in [5, 5.41) is 28.9. The number of hydrogen-bond acceptors (Lipinski definition) is 4. The Labute approximate surface area is 63.7 Å². The van der Waals surface area contributed by atoms with Crippen LogP contribution in [0.3, 0.4) is 0 Å². The van der Waals surface area contributed by atoms with Gasteiger partial charge in [-0.25, -0.2) is 0 Å². The Hall–Kier alpha value is -0.650. The minimum absolute atomic E-state index is 0.208. The highest BCUT2D eigenvalue weighted by atomic mass is 16.5. The number of rotatable bonds is 2. The summed E-state index contributed by atoms with van der Waals surface area (Å²) in [5.41, 5.74) is 0. The van der Waals surface area contributed by atoms with E-state index in [1.807, 2.05) is 0 Å². The molecule has 1 saturated heterocycles. The summed E-state index contributed by atoms with van der Waals surface area (Å²) in [6, 6.07) is 0. The van der Waals surface area contributed by atoms with E-state index in [9.17, 15) is 4.79 Å². The number of carboxylic acids is 1. The van der Waals surface area contributed by atoms with Crippen molar-refractivity contribution in [2.45, 2.75) is 18.8 Å². The zero-order valence-electron chi connectivity index (χ0n) is 5.95. The molecule has 1 atom stereocenters. The molecule has 5 heteroatoms. The SMILES string of the molecule is O=C(O)CC1CCNC1(O)O. The first-order valence-electron chi connectivity index (χ1n) is 3.44. The standard InChI is InChI=1S/C6H11NO4/c8-5(9)3-4-1-2-7-6(4,10)11/h4,7,10-11H,1-3H2,(H,8,9). The summed E-state index contributed by atoms with van der Waals surface area (Å²) in [7, 11) is 0. The molecule has 1 unspecified atom stereocenters. The second-order valence-corrected chi connectivity index (χ2v) is 2.74. The second kappa shape index (κ2) is 2.77. The van der Waals surface area contributed by atoms with Crippen molar-refractivity contribution < 1.29 is 20.1 Å². The van der Waals surface area contributed by atoms with Crippen LogP contribution in [0.25, 0.3) is 0 Å². The number of carboxylic acid groups (broad SMARTS) is 1. The lowest BCUT2D eigenvalue weighted by Crippen LogP contribution is -2.45. The largest absolute Gasteiger partial charge is 0.481 e. The van der Waals surface area contributed by atoms with Crippen LogP contribution >= 0.6 is 0 Å². The van der Waals surface area contributed by atoms with Gasteiger partial charge in [-0.3, -0.25) is 10.1 Å². The van der Waals surface area contributed by atoms with Gasteiger partial charge in [0.25, 0.3) is 0 Å². The molecule has 11 heavy (non-hydrogen) atoms. The summed E-state index contributed by atoms with van der Waals surface area (Å²) in [5.74, 6) is -3.59. The van der Waals surface area contributed by atoms with Crippen molar-refractivity contribution in [3.05, 3.63) is 0 Å². The van der Waals surface area contributed by atoms with Gasteiger partial charge in [0.15, 0.2) is 0 Å². The fraction of sp³-hybridized carbons (Fsp3) is 0.833. The zero-order valence-corrected chi connectivity index (χ0v) is 5.95. The molecular formula is C6H11NO4. The number of carbonyl (C=O) groups is 1. The summed E-state index contributed by atoms with van der Waals surface area (Å²) in [4.78, 5) is 10.2. The highest BCUT2D eigenvalue weighted by molar-refractivity contribution is 5.67. The molecule has 1 aliphatic rings. The normalized spacial score (nSPS) is 28.7. The average Bonchev–Trinajstić information content (AvgIpc) is 2.10. The van der Waals surface area contributed by atoms with Crippen LogP contribution in [-0.4, -0.2) is 33.7 Å². The lowest BCUT2D eigenvalue weighted by Gasteiger charge is -2.21. The van der Waals surface area contributed by atoms with E-state index in [-0.39, 0.29) is 6.42 Å². The summed E-state index contributed by atoms with van der Waals surface area (Å²) >= 11 is 0. The van der Waals surface area contributed by atoms with E-state index in [2.05, 4.69) is 5.32 Å². The molecule has 0 aromatic carbocycles. The number of aliphatic carboxylic acids is 1. The van der Waals surface area contributed by atoms with Crippen LogP contribution in [-0.2, 0) is 4.79 Å². The molecular weight excluding hydrogens is 150 g/mol. The van der Waals surface area contributed by atoms with Crippen molar-refractivity contribution in [1.29, 1.82) is 0 Å². The van der Waals surface area contributed by atoms with Crippen LogP contribution in [0.15, 0.2) is 0 Å². The molecule has 1 rings (SSSR count). The molecule has 0 aromatic heterocycles. The molecule has 0 radical (unpaired) electrons. The van der Waals surface area contributed by atoms with E-state index in [1.165, 1.54) is 0 Å². The first kappa shape index (κ1) is 8.45. The predicted octanol–water partition coefficient (Wildman–Crippen LogP) is -1.29. The Morgan fingerprint density at radius 2 is 2.27 bits per heavy atom. The van der Waals surface area contributed by atoms with Crippen molar-refractivity contribution in [3.63, 3.8) is 0 Å². The molecule has 0 spiro atoms. The zero-order chi connectivity index (χ0) is 8.48. The molecule has 0 saturated carbocycles. The van der Waals surface area contributed by atoms with E-state index in [4.69, 9.17) is 15.3 Å². The van der Waals surface area contributed by atoms with Crippen molar-refractivity contribution in [1.82, 2.24) is 5.32 Å². The van der Waals surface area contributed by atoms with Crippen LogP contribution in [0, 0.1) is 5.92 Å². The van der Waals surface area contributed by atoms with Crippen LogP contribution in [0.5, 0.6) is 0 Å². The van der Waals surface area contributed by atoms with Gasteiger partial charge in [0.05, 0.1) is 6.42 Å². The van der Waals surface area contributed by atoms with Crippen LogP contribution < -0.4 is 5.32 Å². The number of hydrogen-bond donors (Lipinski definition) is 4. The van der Waals surface area contributed by atoms with Crippen molar-refractivity contribution in [2.75, 3.05) is 6.54 Å². The van der Waals surface area contributed by atoms with Crippen molar-refractivity contribution in [2.24, 2.45) is 5.92 Å². The Morgan fingerprint density at radius 1 is 1.64 bits per heavy atom. The third-order valence-corrected chi connectivity index (χ3v) is 1.87.